The van der Waals surface area contributed by atoms with Crippen molar-refractivity contribution in [3.05, 3.63) is 52.3 Å². The predicted octanol–water partition coefficient (Wildman–Crippen LogP) is 2.69. The zero-order valence-corrected chi connectivity index (χ0v) is 16.2. The van der Waals surface area contributed by atoms with Gasteiger partial charge in [0.25, 0.3) is 0 Å². The third kappa shape index (κ3) is 4.59. The van der Waals surface area contributed by atoms with Crippen LogP contribution < -0.4 is 10.7 Å². The van der Waals surface area contributed by atoms with Crippen LogP contribution in [0.2, 0.25) is 0 Å². The van der Waals surface area contributed by atoms with Gasteiger partial charge in [0.05, 0.1) is 6.21 Å². The number of amides is 2. The topological polar surface area (TPSA) is 75.5 Å². The third-order valence-corrected chi connectivity index (χ3v) is 3.93. The summed E-state index contributed by atoms with van der Waals surface area (Å²) < 4.78 is 2.15. The molecule has 0 aliphatic carbocycles. The number of hydrazone groups is 1. The molecule has 0 bridgehead atoms. The first-order valence-corrected chi connectivity index (χ1v) is 8.60. The van der Waals surface area contributed by atoms with Crippen LogP contribution in [0.3, 0.4) is 0 Å². The number of hydrogen-bond acceptors (Lipinski definition) is 3. The summed E-state index contributed by atoms with van der Waals surface area (Å²) in [5.74, 6) is -1.48. The molecule has 0 saturated heterocycles. The number of nitrogens with one attached hydrogen (secondary N) is 2. The Morgan fingerprint density at radius 2 is 1.62 bits per heavy atom. The predicted molar refractivity (Wildman–Crippen MR) is 104 cm³/mol. The molecule has 6 heteroatoms. The Labute approximate surface area is 154 Å². The summed E-state index contributed by atoms with van der Waals surface area (Å²) >= 11 is 0. The summed E-state index contributed by atoms with van der Waals surface area (Å²) in [7, 11) is 0. The summed E-state index contributed by atoms with van der Waals surface area (Å²) in [6.45, 7) is 11.7. The van der Waals surface area contributed by atoms with Crippen LogP contribution in [0, 0.1) is 27.7 Å². The maximum absolute atomic E-state index is 11.7. The van der Waals surface area contributed by atoms with Gasteiger partial charge in [-0.05, 0) is 70.9 Å². The van der Waals surface area contributed by atoms with E-state index in [-0.39, 0.29) is 6.04 Å². The van der Waals surface area contributed by atoms with Crippen molar-refractivity contribution in [2.75, 3.05) is 0 Å². The van der Waals surface area contributed by atoms with Gasteiger partial charge in [0.2, 0.25) is 0 Å². The van der Waals surface area contributed by atoms with E-state index in [9.17, 15) is 9.59 Å². The Hall–Kier alpha value is -2.89. The maximum atomic E-state index is 11.7. The highest BCUT2D eigenvalue weighted by Crippen LogP contribution is 2.21. The molecular formula is C20H26N4O2. The summed E-state index contributed by atoms with van der Waals surface area (Å²) in [6.07, 6.45) is 1.56. The van der Waals surface area contributed by atoms with Crippen molar-refractivity contribution in [1.82, 2.24) is 15.3 Å². The van der Waals surface area contributed by atoms with Gasteiger partial charge in [-0.3, -0.25) is 9.59 Å². The highest BCUT2D eigenvalue weighted by molar-refractivity contribution is 6.35. The smallest absolute Gasteiger partial charge is 0.329 e. The van der Waals surface area contributed by atoms with Crippen LogP contribution in [-0.4, -0.2) is 28.6 Å². The van der Waals surface area contributed by atoms with E-state index in [0.29, 0.717) is 0 Å². The fourth-order valence-corrected chi connectivity index (χ4v) is 2.93. The first-order chi connectivity index (χ1) is 12.2. The van der Waals surface area contributed by atoms with Gasteiger partial charge in [0, 0.05) is 28.7 Å². The van der Waals surface area contributed by atoms with E-state index in [1.54, 1.807) is 20.1 Å². The average Bonchev–Trinajstić information content (AvgIpc) is 2.79. The van der Waals surface area contributed by atoms with Gasteiger partial charge in [0.1, 0.15) is 0 Å². The number of nitrogens with zero attached hydrogens (tertiary/aromatic N) is 2. The standard InChI is InChI=1S/C20H26N4O2/c1-12(2)22-19(25)20(26)23-21-11-17-10-15(5)24(16(17)6)18-8-13(3)7-14(4)9-18/h7-12H,1-6H3,(H,22,25)(H,23,26)/b21-11+. The van der Waals surface area contributed by atoms with Gasteiger partial charge in [-0.25, -0.2) is 5.43 Å². The van der Waals surface area contributed by atoms with Crippen LogP contribution in [0.15, 0.2) is 29.4 Å². The highest BCUT2D eigenvalue weighted by atomic mass is 16.2. The number of carbonyl (C=O) groups is 2. The Kier molecular flexibility index (Phi) is 5.97. The van der Waals surface area contributed by atoms with Gasteiger partial charge >= 0.3 is 11.8 Å². The van der Waals surface area contributed by atoms with E-state index in [4.69, 9.17) is 0 Å². The van der Waals surface area contributed by atoms with Crippen LogP contribution in [-0.2, 0) is 9.59 Å². The van der Waals surface area contributed by atoms with Crippen LogP contribution in [0.4, 0.5) is 0 Å². The molecule has 1 aromatic carbocycles. The van der Waals surface area contributed by atoms with Crippen molar-refractivity contribution in [2.45, 2.75) is 47.6 Å². The zero-order valence-electron chi connectivity index (χ0n) is 16.2. The minimum Gasteiger partial charge on any atom is -0.346 e. The normalized spacial score (nSPS) is 11.2. The molecule has 0 unspecified atom stereocenters. The van der Waals surface area contributed by atoms with Crippen molar-refractivity contribution in [3.8, 4) is 5.69 Å². The molecular weight excluding hydrogens is 328 g/mol. The van der Waals surface area contributed by atoms with Crippen LogP contribution in [0.25, 0.3) is 5.69 Å². The van der Waals surface area contributed by atoms with E-state index >= 15 is 0 Å². The molecule has 2 aromatic rings. The molecule has 0 aliphatic rings. The summed E-state index contributed by atoms with van der Waals surface area (Å²) in [5, 5.41) is 6.43. The molecule has 1 heterocycles. The van der Waals surface area contributed by atoms with Crippen molar-refractivity contribution >= 4 is 18.0 Å². The SMILES string of the molecule is Cc1cc(C)cc(-n2c(C)cc(/C=N/NC(=O)C(=O)NC(C)C)c2C)c1. The average molecular weight is 354 g/mol. The molecule has 6 nitrogen and oxygen atoms in total. The van der Waals surface area contributed by atoms with Crippen LogP contribution >= 0.6 is 0 Å². The minimum atomic E-state index is -0.780. The molecule has 2 amide bonds. The molecule has 1 aromatic heterocycles. The van der Waals surface area contributed by atoms with E-state index in [0.717, 1.165) is 22.6 Å². The summed E-state index contributed by atoms with van der Waals surface area (Å²) in [4.78, 5) is 23.2. The molecule has 0 atom stereocenters. The molecule has 0 saturated carbocycles. The van der Waals surface area contributed by atoms with Crippen molar-refractivity contribution in [2.24, 2.45) is 5.10 Å². The first kappa shape index (κ1) is 19.4. The highest BCUT2D eigenvalue weighted by Gasteiger charge is 2.14. The first-order valence-electron chi connectivity index (χ1n) is 8.60. The second-order valence-corrected chi connectivity index (χ2v) is 6.84. The number of carbonyl (C=O) groups excluding carboxylic acids is 2. The molecule has 0 fully saturated rings. The Morgan fingerprint density at radius 1 is 1.00 bits per heavy atom. The largest absolute Gasteiger partial charge is 0.346 e. The van der Waals surface area contributed by atoms with Gasteiger partial charge < -0.3 is 9.88 Å². The Balaban J connectivity index is 2.20. The fraction of sp³-hybridized carbons (Fsp3) is 0.350. The second kappa shape index (κ2) is 7.99. The lowest BCUT2D eigenvalue weighted by atomic mass is 10.1. The van der Waals surface area contributed by atoms with E-state index in [2.05, 4.69) is 52.5 Å². The molecule has 2 N–H and O–H groups in total. The van der Waals surface area contributed by atoms with E-state index in [1.165, 1.54) is 11.1 Å². The quantitative estimate of drug-likeness (QED) is 0.503. The van der Waals surface area contributed by atoms with Crippen LogP contribution in [0.1, 0.15) is 41.9 Å². The van der Waals surface area contributed by atoms with Crippen molar-refractivity contribution < 1.29 is 9.59 Å². The molecule has 138 valence electrons. The van der Waals surface area contributed by atoms with Gasteiger partial charge in [-0.15, -0.1) is 0 Å². The van der Waals surface area contributed by atoms with Crippen molar-refractivity contribution in [3.63, 3.8) is 0 Å². The van der Waals surface area contributed by atoms with E-state index in [1.807, 2.05) is 19.9 Å². The van der Waals surface area contributed by atoms with Gasteiger partial charge in [-0.1, -0.05) is 6.07 Å². The number of benzene rings is 1. The second-order valence-electron chi connectivity index (χ2n) is 6.84. The number of aryl methyl sites for hydroxylation is 3. The maximum Gasteiger partial charge on any atom is 0.329 e. The Morgan fingerprint density at radius 3 is 2.19 bits per heavy atom. The lowest BCUT2D eigenvalue weighted by molar-refractivity contribution is -0.139. The monoisotopic (exact) mass is 354 g/mol. The van der Waals surface area contributed by atoms with E-state index < -0.39 is 11.8 Å². The van der Waals surface area contributed by atoms with Crippen molar-refractivity contribution in [1.29, 1.82) is 0 Å². The molecule has 0 aliphatic heterocycles. The van der Waals surface area contributed by atoms with Crippen LogP contribution in [0.5, 0.6) is 0 Å². The summed E-state index contributed by atoms with van der Waals surface area (Å²) in [5.41, 5.74) is 8.71. The minimum absolute atomic E-state index is 0.103. The number of rotatable bonds is 4. The molecule has 0 radical (unpaired) electrons. The number of hydrogen-bond donors (Lipinski definition) is 2. The lowest BCUT2D eigenvalue weighted by Gasteiger charge is -2.11. The molecule has 26 heavy (non-hydrogen) atoms. The molecule has 2 rings (SSSR count). The van der Waals surface area contributed by atoms with Gasteiger partial charge in [0.15, 0.2) is 0 Å². The number of aromatic nitrogens is 1. The Bertz CT molecular complexity index is 843. The fourth-order valence-electron chi connectivity index (χ4n) is 2.93. The lowest BCUT2D eigenvalue weighted by Crippen LogP contribution is -2.41. The zero-order chi connectivity index (χ0) is 19.4. The van der Waals surface area contributed by atoms with Gasteiger partial charge in [-0.2, -0.15) is 5.10 Å². The summed E-state index contributed by atoms with van der Waals surface area (Å²) in [6, 6.07) is 8.29. The third-order valence-electron chi connectivity index (χ3n) is 3.93. The molecule has 0 spiro atoms.